The minimum atomic E-state index is -0.652. The number of rotatable bonds is 4. The number of hydrogen-bond acceptors (Lipinski definition) is 6. The molecule has 0 spiro atoms. The standard InChI is InChI=1S/C20H21N7O/c1-12-4-2-6-17(25-12)27-18(14-5-3-8-24-20(14)26-27)13-7-9-23-16(10-13)15(11-21)19(22)28/h2,4,6-7,9-11,21,23H,3,5,8H2,1H3,(H2,22,28)(H,24,26)/b16-15+,21-11?. The van der Waals surface area contributed by atoms with Gasteiger partial charge in [0.25, 0.3) is 5.91 Å². The maximum absolute atomic E-state index is 11.7. The van der Waals surface area contributed by atoms with Crippen LogP contribution in [0, 0.1) is 12.3 Å². The van der Waals surface area contributed by atoms with Crippen LogP contribution in [0.1, 0.15) is 23.4 Å². The van der Waals surface area contributed by atoms with Crippen molar-refractivity contribution in [2.24, 2.45) is 5.73 Å². The van der Waals surface area contributed by atoms with Crippen molar-refractivity contribution in [3.05, 3.63) is 64.8 Å². The predicted octanol–water partition coefficient (Wildman–Crippen LogP) is 1.82. The summed E-state index contributed by atoms with van der Waals surface area (Å²) >= 11 is 0. The zero-order valence-corrected chi connectivity index (χ0v) is 15.5. The Bertz CT molecular complexity index is 1060. The van der Waals surface area contributed by atoms with Crippen molar-refractivity contribution in [2.75, 3.05) is 11.9 Å². The van der Waals surface area contributed by atoms with Crippen LogP contribution in [-0.4, -0.2) is 33.4 Å². The summed E-state index contributed by atoms with van der Waals surface area (Å²) in [7, 11) is 0. The number of carbonyl (C=O) groups excluding carboxylic acids is 1. The summed E-state index contributed by atoms with van der Waals surface area (Å²) in [6.45, 7) is 2.82. The number of nitrogens with zero attached hydrogens (tertiary/aromatic N) is 3. The van der Waals surface area contributed by atoms with E-state index in [4.69, 9.17) is 16.2 Å². The first kappa shape index (κ1) is 17.7. The summed E-state index contributed by atoms with van der Waals surface area (Å²) in [6.07, 6.45) is 8.36. The second-order valence-corrected chi connectivity index (χ2v) is 6.67. The van der Waals surface area contributed by atoms with E-state index in [0.717, 1.165) is 59.8 Å². The highest BCUT2D eigenvalue weighted by atomic mass is 16.1. The highest BCUT2D eigenvalue weighted by Gasteiger charge is 2.25. The van der Waals surface area contributed by atoms with Crippen LogP contribution in [0.3, 0.4) is 0 Å². The van der Waals surface area contributed by atoms with E-state index >= 15 is 0 Å². The van der Waals surface area contributed by atoms with E-state index in [0.29, 0.717) is 5.70 Å². The molecule has 0 radical (unpaired) electrons. The molecule has 2 aliphatic rings. The van der Waals surface area contributed by atoms with E-state index in [1.165, 1.54) is 0 Å². The second-order valence-electron chi connectivity index (χ2n) is 6.67. The molecule has 0 saturated carbocycles. The van der Waals surface area contributed by atoms with Gasteiger partial charge in [0.15, 0.2) is 11.6 Å². The Labute approximate surface area is 162 Å². The molecule has 4 heterocycles. The Morgan fingerprint density at radius 1 is 1.39 bits per heavy atom. The number of nitrogens with one attached hydrogen (secondary N) is 3. The molecule has 2 aliphatic heterocycles. The number of hydrogen-bond donors (Lipinski definition) is 4. The smallest absolute Gasteiger partial charge is 0.252 e. The van der Waals surface area contributed by atoms with Gasteiger partial charge in [-0.15, -0.1) is 5.10 Å². The van der Waals surface area contributed by atoms with Crippen molar-refractivity contribution in [2.45, 2.75) is 19.8 Å². The van der Waals surface area contributed by atoms with Crippen molar-refractivity contribution in [3.63, 3.8) is 0 Å². The summed E-state index contributed by atoms with van der Waals surface area (Å²) in [4.78, 5) is 16.3. The van der Waals surface area contributed by atoms with Crippen LogP contribution in [-0.2, 0) is 11.2 Å². The van der Waals surface area contributed by atoms with Gasteiger partial charge in [0.2, 0.25) is 0 Å². The number of anilines is 1. The van der Waals surface area contributed by atoms with Gasteiger partial charge in [-0.3, -0.25) is 4.79 Å². The SMILES string of the molecule is Cc1cccc(-n2nc3c(c2C2=C/C(=C(/C=N)C(N)=O)NC=C2)CCCN3)n1. The monoisotopic (exact) mass is 375 g/mol. The third-order valence-corrected chi connectivity index (χ3v) is 4.75. The van der Waals surface area contributed by atoms with Crippen molar-refractivity contribution < 1.29 is 4.79 Å². The molecule has 28 heavy (non-hydrogen) atoms. The average Bonchev–Trinajstić information content (AvgIpc) is 3.08. The fraction of sp³-hybridized carbons (Fsp3) is 0.200. The zero-order chi connectivity index (χ0) is 19.7. The summed E-state index contributed by atoms with van der Waals surface area (Å²) in [5.41, 5.74) is 9.83. The quantitative estimate of drug-likeness (QED) is 0.480. The molecular weight excluding hydrogens is 354 g/mol. The fourth-order valence-corrected chi connectivity index (χ4v) is 3.46. The Morgan fingerprint density at radius 3 is 3.00 bits per heavy atom. The molecule has 0 saturated heterocycles. The average molecular weight is 375 g/mol. The molecule has 142 valence electrons. The molecule has 0 bridgehead atoms. The Kier molecular flexibility index (Phi) is 4.52. The van der Waals surface area contributed by atoms with E-state index < -0.39 is 5.91 Å². The molecule has 8 heteroatoms. The van der Waals surface area contributed by atoms with Crippen LogP contribution in [0.2, 0.25) is 0 Å². The van der Waals surface area contributed by atoms with E-state index in [9.17, 15) is 4.79 Å². The van der Waals surface area contributed by atoms with E-state index in [2.05, 4.69) is 15.6 Å². The Morgan fingerprint density at radius 2 is 2.25 bits per heavy atom. The molecule has 2 aromatic heterocycles. The van der Waals surface area contributed by atoms with Gasteiger partial charge in [-0.1, -0.05) is 6.07 Å². The van der Waals surface area contributed by atoms with Crippen LogP contribution in [0.15, 0.2) is 47.8 Å². The number of primary amides is 1. The maximum atomic E-state index is 11.7. The first-order valence-corrected chi connectivity index (χ1v) is 9.08. The second kappa shape index (κ2) is 7.15. The van der Waals surface area contributed by atoms with Crippen molar-refractivity contribution in [1.82, 2.24) is 20.1 Å². The molecule has 2 aromatic rings. The highest BCUT2D eigenvalue weighted by Crippen LogP contribution is 2.33. The molecule has 0 fully saturated rings. The van der Waals surface area contributed by atoms with Gasteiger partial charge in [-0.25, -0.2) is 9.67 Å². The Hall–Kier alpha value is -3.68. The lowest BCUT2D eigenvalue weighted by Crippen LogP contribution is -2.21. The largest absolute Gasteiger partial charge is 0.368 e. The number of aromatic nitrogens is 3. The van der Waals surface area contributed by atoms with Crippen LogP contribution in [0.4, 0.5) is 5.82 Å². The minimum absolute atomic E-state index is 0.119. The third-order valence-electron chi connectivity index (χ3n) is 4.75. The minimum Gasteiger partial charge on any atom is -0.368 e. The van der Waals surface area contributed by atoms with Gasteiger partial charge < -0.3 is 21.8 Å². The van der Waals surface area contributed by atoms with Crippen LogP contribution in [0.25, 0.3) is 11.4 Å². The molecule has 0 atom stereocenters. The van der Waals surface area contributed by atoms with Crippen LogP contribution < -0.4 is 16.4 Å². The van der Waals surface area contributed by atoms with Crippen LogP contribution >= 0.6 is 0 Å². The predicted molar refractivity (Wildman–Crippen MR) is 108 cm³/mol. The van der Waals surface area contributed by atoms with Gasteiger partial charge in [0, 0.05) is 35.8 Å². The van der Waals surface area contributed by atoms with Crippen LogP contribution in [0.5, 0.6) is 0 Å². The van der Waals surface area contributed by atoms with Gasteiger partial charge in [0.1, 0.15) is 0 Å². The number of amides is 1. The van der Waals surface area contributed by atoms with Gasteiger partial charge in [-0.2, -0.15) is 0 Å². The molecule has 4 rings (SSSR count). The number of allylic oxidation sites excluding steroid dienone is 3. The van der Waals surface area contributed by atoms with E-state index in [1.807, 2.05) is 42.0 Å². The summed E-state index contributed by atoms with van der Waals surface area (Å²) in [5, 5.41) is 18.6. The summed E-state index contributed by atoms with van der Waals surface area (Å²) in [6, 6.07) is 5.82. The van der Waals surface area contributed by atoms with Crippen molar-refractivity contribution >= 4 is 23.5 Å². The number of dihydropyridines is 1. The number of pyridine rings is 1. The lowest BCUT2D eigenvalue weighted by molar-refractivity contribution is -0.114. The fourth-order valence-electron chi connectivity index (χ4n) is 3.46. The zero-order valence-electron chi connectivity index (χ0n) is 15.5. The molecule has 0 aromatic carbocycles. The molecule has 0 unspecified atom stereocenters. The van der Waals surface area contributed by atoms with E-state index in [1.54, 1.807) is 6.20 Å². The first-order chi connectivity index (χ1) is 13.6. The molecule has 0 aliphatic carbocycles. The van der Waals surface area contributed by atoms with Gasteiger partial charge >= 0.3 is 0 Å². The normalized spacial score (nSPS) is 17.1. The molecule has 5 N–H and O–H groups in total. The third kappa shape index (κ3) is 3.09. The summed E-state index contributed by atoms with van der Waals surface area (Å²) < 4.78 is 1.84. The van der Waals surface area contributed by atoms with E-state index in [-0.39, 0.29) is 5.57 Å². The number of aryl methyl sites for hydroxylation is 1. The number of carbonyl (C=O) groups is 1. The van der Waals surface area contributed by atoms with Gasteiger partial charge in [0.05, 0.1) is 17.0 Å². The van der Waals surface area contributed by atoms with Crippen molar-refractivity contribution in [3.8, 4) is 5.82 Å². The van der Waals surface area contributed by atoms with Crippen molar-refractivity contribution in [1.29, 1.82) is 5.41 Å². The highest BCUT2D eigenvalue weighted by molar-refractivity contribution is 6.12. The lowest BCUT2D eigenvalue weighted by Gasteiger charge is -2.17. The number of nitrogens with two attached hydrogens (primary N) is 1. The topological polar surface area (TPSA) is 122 Å². The van der Waals surface area contributed by atoms with Gasteiger partial charge in [-0.05, 0) is 44.1 Å². The lowest BCUT2D eigenvalue weighted by atomic mass is 9.98. The molecular formula is C20H21N7O. The molecule has 1 amide bonds. The maximum Gasteiger partial charge on any atom is 0.252 e. The first-order valence-electron chi connectivity index (χ1n) is 9.08. The Balaban J connectivity index is 1.93. The number of fused-ring (bicyclic) bond motifs is 1. The summed E-state index contributed by atoms with van der Waals surface area (Å²) in [5.74, 6) is 0.929. The molecule has 8 nitrogen and oxygen atoms in total.